The molecule has 0 spiro atoms. The molecule has 10 nitrogen and oxygen atoms in total. The van der Waals surface area contributed by atoms with Crippen LogP contribution in [0.2, 0.25) is 0 Å². The highest BCUT2D eigenvalue weighted by Gasteiger charge is 2.22. The highest BCUT2D eigenvalue weighted by molar-refractivity contribution is 5.96. The van der Waals surface area contributed by atoms with Crippen molar-refractivity contribution in [1.29, 1.82) is 0 Å². The summed E-state index contributed by atoms with van der Waals surface area (Å²) in [4.78, 5) is 46.3. The van der Waals surface area contributed by atoms with Gasteiger partial charge in [-0.2, -0.15) is 0 Å². The average molecular weight is 389 g/mol. The van der Waals surface area contributed by atoms with Crippen molar-refractivity contribution in [1.82, 2.24) is 5.32 Å². The Hall–Kier alpha value is -3.69. The molecule has 0 fully saturated rings. The number of nitro groups is 1. The van der Waals surface area contributed by atoms with Crippen molar-refractivity contribution in [3.63, 3.8) is 0 Å². The van der Waals surface area contributed by atoms with Crippen LogP contribution in [0, 0.1) is 24.0 Å². The summed E-state index contributed by atoms with van der Waals surface area (Å²) in [5, 5.41) is 15.9. The Morgan fingerprint density at radius 1 is 1.25 bits per heavy atom. The molecule has 1 aromatic heterocycles. The molecule has 2 aromatic rings. The molecular formula is C18H19N3O7. The summed E-state index contributed by atoms with van der Waals surface area (Å²) < 4.78 is 9.75. The van der Waals surface area contributed by atoms with Crippen molar-refractivity contribution in [2.24, 2.45) is 0 Å². The summed E-state index contributed by atoms with van der Waals surface area (Å²) in [5.41, 5.74) is 1.21. The normalized spacial score (nSPS) is 11.4. The van der Waals surface area contributed by atoms with E-state index < -0.39 is 35.4 Å². The van der Waals surface area contributed by atoms with E-state index in [-0.39, 0.29) is 17.1 Å². The molecule has 2 amide bonds. The number of nitro benzene ring substituents is 1. The first-order valence-corrected chi connectivity index (χ1v) is 8.25. The third-order valence-corrected chi connectivity index (χ3v) is 3.87. The number of carbonyl (C=O) groups is 3. The zero-order valence-electron chi connectivity index (χ0n) is 15.5. The molecule has 0 bridgehead atoms. The number of hydrogen-bond donors (Lipinski definition) is 2. The molecule has 2 rings (SSSR count). The van der Waals surface area contributed by atoms with Gasteiger partial charge in [0.2, 0.25) is 0 Å². The van der Waals surface area contributed by atoms with E-state index in [0.717, 1.165) is 5.56 Å². The van der Waals surface area contributed by atoms with Crippen LogP contribution in [0.5, 0.6) is 0 Å². The highest BCUT2D eigenvalue weighted by Crippen LogP contribution is 2.27. The van der Waals surface area contributed by atoms with Gasteiger partial charge in [-0.05, 0) is 50.1 Å². The number of anilines is 1. The fraction of sp³-hybridized carbons (Fsp3) is 0.278. The lowest BCUT2D eigenvalue weighted by atomic mass is 10.1. The molecule has 1 atom stereocenters. The number of hydrogen-bond acceptors (Lipinski definition) is 7. The van der Waals surface area contributed by atoms with E-state index >= 15 is 0 Å². The quantitative estimate of drug-likeness (QED) is 0.420. The van der Waals surface area contributed by atoms with Gasteiger partial charge in [-0.15, -0.1) is 0 Å². The molecule has 1 aromatic carbocycles. The minimum absolute atomic E-state index is 0.00770. The molecule has 0 saturated carbocycles. The van der Waals surface area contributed by atoms with Crippen LogP contribution in [0.25, 0.3) is 0 Å². The Morgan fingerprint density at radius 3 is 2.54 bits per heavy atom. The highest BCUT2D eigenvalue weighted by atomic mass is 16.6. The summed E-state index contributed by atoms with van der Waals surface area (Å²) >= 11 is 0. The van der Waals surface area contributed by atoms with Gasteiger partial charge in [0, 0.05) is 6.07 Å². The van der Waals surface area contributed by atoms with Crippen LogP contribution in [-0.4, -0.2) is 35.4 Å². The van der Waals surface area contributed by atoms with Gasteiger partial charge in [-0.3, -0.25) is 19.7 Å². The molecule has 0 unspecified atom stereocenters. The van der Waals surface area contributed by atoms with Crippen molar-refractivity contribution in [2.45, 2.75) is 26.8 Å². The molecule has 2 N–H and O–H groups in total. The monoisotopic (exact) mass is 389 g/mol. The van der Waals surface area contributed by atoms with Crippen molar-refractivity contribution >= 4 is 29.2 Å². The number of nitrogens with zero attached hydrogens (tertiary/aromatic N) is 1. The smallest absolute Gasteiger partial charge is 0.328 e. The average Bonchev–Trinajstić information content (AvgIpc) is 3.17. The number of furan rings is 1. The molecule has 0 radical (unpaired) electrons. The van der Waals surface area contributed by atoms with Gasteiger partial charge in [0.25, 0.3) is 17.5 Å². The number of rotatable bonds is 7. The fourth-order valence-electron chi connectivity index (χ4n) is 2.23. The maximum atomic E-state index is 12.0. The number of ether oxygens (including phenoxy) is 1. The van der Waals surface area contributed by atoms with Gasteiger partial charge in [0.1, 0.15) is 11.7 Å². The first-order chi connectivity index (χ1) is 13.2. The molecule has 0 saturated heterocycles. The van der Waals surface area contributed by atoms with Crippen molar-refractivity contribution < 1.29 is 28.5 Å². The molecule has 0 aliphatic heterocycles. The summed E-state index contributed by atoms with van der Waals surface area (Å²) in [6, 6.07) is 4.75. The number of nitrogens with one attached hydrogen (secondary N) is 2. The zero-order valence-corrected chi connectivity index (χ0v) is 15.5. The molecule has 10 heteroatoms. The molecule has 0 aliphatic carbocycles. The van der Waals surface area contributed by atoms with Crippen LogP contribution < -0.4 is 10.6 Å². The van der Waals surface area contributed by atoms with Gasteiger partial charge < -0.3 is 19.8 Å². The standard InChI is InChI=1S/C18H19N3O7/c1-10-7-13(14(21(25)26)8-11(10)2)20-16(22)9-28-18(24)12(3)19-17(23)15-5-4-6-27-15/h4-8,12H,9H2,1-3H3,(H,19,23)(H,20,22)/t12-/m0/s1. The van der Waals surface area contributed by atoms with Crippen LogP contribution in [0.1, 0.15) is 28.6 Å². The Bertz CT molecular complexity index is 906. The first kappa shape index (κ1) is 20.6. The Labute approximate surface area is 160 Å². The van der Waals surface area contributed by atoms with E-state index in [0.29, 0.717) is 5.56 Å². The first-order valence-electron chi connectivity index (χ1n) is 8.25. The SMILES string of the molecule is Cc1cc(NC(=O)COC(=O)[C@H](C)NC(=O)c2ccco2)c([N+](=O)[O-])cc1C. The minimum Gasteiger partial charge on any atom is -0.459 e. The Morgan fingerprint density at radius 2 is 1.93 bits per heavy atom. The van der Waals surface area contributed by atoms with Crippen molar-refractivity contribution in [3.05, 3.63) is 57.5 Å². The van der Waals surface area contributed by atoms with Crippen LogP contribution in [0.3, 0.4) is 0 Å². The lowest BCUT2D eigenvalue weighted by molar-refractivity contribution is -0.384. The molecule has 148 valence electrons. The Balaban J connectivity index is 1.91. The van der Waals surface area contributed by atoms with Crippen LogP contribution in [-0.2, 0) is 14.3 Å². The molecule has 1 heterocycles. The van der Waals surface area contributed by atoms with E-state index in [4.69, 9.17) is 9.15 Å². The molecule has 28 heavy (non-hydrogen) atoms. The third kappa shape index (κ3) is 5.16. The number of carbonyl (C=O) groups excluding carboxylic acids is 3. The minimum atomic E-state index is -1.03. The van der Waals surface area contributed by atoms with Crippen molar-refractivity contribution in [3.8, 4) is 0 Å². The van der Waals surface area contributed by atoms with E-state index in [1.807, 2.05) is 0 Å². The van der Waals surface area contributed by atoms with Gasteiger partial charge in [-0.25, -0.2) is 4.79 Å². The lowest BCUT2D eigenvalue weighted by Crippen LogP contribution is -2.40. The second-order valence-electron chi connectivity index (χ2n) is 6.04. The van der Waals surface area contributed by atoms with Crippen molar-refractivity contribution in [2.75, 3.05) is 11.9 Å². The second-order valence-corrected chi connectivity index (χ2v) is 6.04. The van der Waals surface area contributed by atoms with E-state index in [1.165, 1.54) is 37.5 Å². The summed E-state index contributed by atoms with van der Waals surface area (Å²) in [6.07, 6.45) is 1.31. The maximum absolute atomic E-state index is 12.0. The molecular weight excluding hydrogens is 370 g/mol. The topological polar surface area (TPSA) is 141 Å². The Kier molecular flexibility index (Phi) is 6.48. The van der Waals surface area contributed by atoms with E-state index in [9.17, 15) is 24.5 Å². The predicted molar refractivity (Wildman–Crippen MR) is 97.8 cm³/mol. The molecule has 0 aliphatic rings. The van der Waals surface area contributed by atoms with E-state index in [1.54, 1.807) is 13.8 Å². The van der Waals surface area contributed by atoms with Crippen LogP contribution in [0.4, 0.5) is 11.4 Å². The van der Waals surface area contributed by atoms with E-state index in [2.05, 4.69) is 10.6 Å². The number of aryl methyl sites for hydroxylation is 2. The maximum Gasteiger partial charge on any atom is 0.328 e. The summed E-state index contributed by atoms with van der Waals surface area (Å²) in [5.74, 6) is -2.17. The summed E-state index contributed by atoms with van der Waals surface area (Å²) in [6.45, 7) is 4.19. The number of amides is 2. The largest absolute Gasteiger partial charge is 0.459 e. The third-order valence-electron chi connectivity index (χ3n) is 3.87. The van der Waals surface area contributed by atoms with Gasteiger partial charge in [-0.1, -0.05) is 0 Å². The fourth-order valence-corrected chi connectivity index (χ4v) is 2.23. The van der Waals surface area contributed by atoms with Crippen LogP contribution >= 0.6 is 0 Å². The zero-order chi connectivity index (χ0) is 20.8. The van der Waals surface area contributed by atoms with Gasteiger partial charge in [0.05, 0.1) is 11.2 Å². The predicted octanol–water partition coefficient (Wildman–Crippen LogP) is 2.10. The van der Waals surface area contributed by atoms with Gasteiger partial charge >= 0.3 is 5.97 Å². The second kappa shape index (κ2) is 8.80. The van der Waals surface area contributed by atoms with Crippen LogP contribution in [0.15, 0.2) is 34.9 Å². The van der Waals surface area contributed by atoms with Gasteiger partial charge in [0.15, 0.2) is 12.4 Å². The summed E-state index contributed by atoms with van der Waals surface area (Å²) in [7, 11) is 0. The lowest BCUT2D eigenvalue weighted by Gasteiger charge is -2.13. The number of benzene rings is 1. The number of esters is 1.